The number of aromatic amines is 1. The average molecular weight is 452 g/mol. The zero-order valence-electron chi connectivity index (χ0n) is 18.8. The number of amides is 1. The van der Waals surface area contributed by atoms with Gasteiger partial charge in [-0.2, -0.15) is 0 Å². The van der Waals surface area contributed by atoms with Crippen molar-refractivity contribution in [3.05, 3.63) is 69.9 Å². The molecular weight excluding hydrogens is 422 g/mol. The monoisotopic (exact) mass is 451 g/mol. The number of ketones is 1. The van der Waals surface area contributed by atoms with E-state index >= 15 is 0 Å². The number of fused-ring (bicyclic) bond motifs is 1. The van der Waals surface area contributed by atoms with Gasteiger partial charge in [0.25, 0.3) is 5.56 Å². The van der Waals surface area contributed by atoms with E-state index in [0.717, 1.165) is 11.4 Å². The van der Waals surface area contributed by atoms with Gasteiger partial charge >= 0.3 is 0 Å². The molecule has 0 saturated carbocycles. The predicted molar refractivity (Wildman–Crippen MR) is 124 cm³/mol. The zero-order valence-corrected chi connectivity index (χ0v) is 18.8. The van der Waals surface area contributed by atoms with E-state index in [1.807, 2.05) is 11.1 Å². The van der Waals surface area contributed by atoms with Crippen molar-refractivity contribution in [1.82, 2.24) is 14.3 Å². The lowest BCUT2D eigenvalue weighted by Crippen LogP contribution is -2.40. The van der Waals surface area contributed by atoms with Gasteiger partial charge in [0, 0.05) is 48.6 Å². The average Bonchev–Trinajstić information content (AvgIpc) is 3.27. The Bertz CT molecular complexity index is 1190. The first kappa shape index (κ1) is 22.8. The number of Topliss-reactive ketones (excluding diaryl/α,β-unsaturated/α-hetero) is 1. The third-order valence-electron chi connectivity index (χ3n) is 6.39. The minimum Gasteiger partial charge on any atom is -0.497 e. The first-order valence-corrected chi connectivity index (χ1v) is 11.3. The highest BCUT2D eigenvalue weighted by molar-refractivity contribution is 5.98. The molecule has 2 N–H and O–H groups in total. The highest BCUT2D eigenvalue weighted by Crippen LogP contribution is 2.23. The topological polar surface area (TPSA) is 104 Å². The smallest absolute Gasteiger partial charge is 0.272 e. The van der Waals surface area contributed by atoms with E-state index in [2.05, 4.69) is 4.98 Å². The number of methoxy groups -OCH3 is 1. The summed E-state index contributed by atoms with van der Waals surface area (Å²) in [5.41, 5.74) is 2.35. The number of carbonyl (C=O) groups is 2. The maximum absolute atomic E-state index is 12.8. The van der Waals surface area contributed by atoms with Crippen molar-refractivity contribution in [3.8, 4) is 5.75 Å². The van der Waals surface area contributed by atoms with Gasteiger partial charge in [-0.1, -0.05) is 0 Å². The number of H-pyrrole nitrogens is 1. The van der Waals surface area contributed by atoms with Crippen LogP contribution in [0.15, 0.2) is 47.4 Å². The van der Waals surface area contributed by atoms with Gasteiger partial charge in [0.1, 0.15) is 11.3 Å². The van der Waals surface area contributed by atoms with Gasteiger partial charge < -0.3 is 24.1 Å². The molecule has 0 unspecified atom stereocenters. The molecule has 8 heteroatoms. The first-order valence-electron chi connectivity index (χ1n) is 11.3. The molecule has 1 amide bonds. The number of hydrogen-bond acceptors (Lipinski definition) is 5. The lowest BCUT2D eigenvalue weighted by Gasteiger charge is -2.31. The van der Waals surface area contributed by atoms with Gasteiger partial charge in [0.05, 0.1) is 13.7 Å². The third-order valence-corrected chi connectivity index (χ3v) is 6.39. The van der Waals surface area contributed by atoms with E-state index in [4.69, 9.17) is 4.74 Å². The number of aliphatic hydroxyl groups is 1. The molecule has 0 atom stereocenters. The molecule has 0 spiro atoms. The second kappa shape index (κ2) is 10.0. The Labute approximate surface area is 191 Å². The predicted octanol–water partition coefficient (Wildman–Crippen LogP) is 2.57. The largest absolute Gasteiger partial charge is 0.497 e. The number of aryl methyl sites for hydroxylation is 1. The van der Waals surface area contributed by atoms with Crippen molar-refractivity contribution in [1.29, 1.82) is 0 Å². The lowest BCUT2D eigenvalue weighted by molar-refractivity contribution is -0.132. The van der Waals surface area contributed by atoms with E-state index in [-0.39, 0.29) is 29.8 Å². The molecule has 1 aliphatic rings. The van der Waals surface area contributed by atoms with E-state index in [1.54, 1.807) is 47.9 Å². The van der Waals surface area contributed by atoms with Crippen LogP contribution in [0.3, 0.4) is 0 Å². The standard InChI is InChI=1S/C25H29N3O5/c1-33-21-8-5-17(6-9-21)24(31)18-11-13-27(14-12-18)23(30)4-2-3-19-15-28-20(16-29)7-10-22(28)25(32)26-19/h5-10,15,18,29H,2-4,11-14,16H2,1H3,(H,26,32). The number of hydrogen-bond donors (Lipinski definition) is 2. The summed E-state index contributed by atoms with van der Waals surface area (Å²) < 4.78 is 6.84. The van der Waals surface area contributed by atoms with Crippen LogP contribution in [0, 0.1) is 5.92 Å². The van der Waals surface area contributed by atoms with Crippen LogP contribution >= 0.6 is 0 Å². The maximum Gasteiger partial charge on any atom is 0.272 e. The number of rotatable bonds is 8. The summed E-state index contributed by atoms with van der Waals surface area (Å²) in [7, 11) is 1.59. The minimum absolute atomic E-state index is 0.0680. The number of ether oxygens (including phenoxy) is 1. The van der Waals surface area contributed by atoms with Crippen LogP contribution < -0.4 is 10.3 Å². The Balaban J connectivity index is 1.27. The van der Waals surface area contributed by atoms with Crippen molar-refractivity contribution in [2.45, 2.75) is 38.7 Å². The Morgan fingerprint density at radius 1 is 1.12 bits per heavy atom. The third kappa shape index (κ3) is 5.01. The summed E-state index contributed by atoms with van der Waals surface area (Å²) >= 11 is 0. The van der Waals surface area contributed by atoms with Crippen molar-refractivity contribution in [2.24, 2.45) is 5.92 Å². The fraction of sp³-hybridized carbons (Fsp3) is 0.400. The first-order chi connectivity index (χ1) is 16.0. The number of aromatic nitrogens is 2. The van der Waals surface area contributed by atoms with Gasteiger partial charge in [-0.15, -0.1) is 0 Å². The summed E-state index contributed by atoms with van der Waals surface area (Å²) in [6, 6.07) is 10.6. The van der Waals surface area contributed by atoms with Gasteiger partial charge in [-0.05, 0) is 62.1 Å². The summed E-state index contributed by atoms with van der Waals surface area (Å²) in [5, 5.41) is 9.43. The number of carbonyl (C=O) groups excluding carboxylic acids is 2. The van der Waals surface area contributed by atoms with Gasteiger partial charge in [0.2, 0.25) is 5.91 Å². The summed E-state index contributed by atoms with van der Waals surface area (Å²) in [5.74, 6) is 0.849. The van der Waals surface area contributed by atoms with Gasteiger partial charge in [-0.25, -0.2) is 0 Å². The van der Waals surface area contributed by atoms with Crippen LogP contribution in [0.4, 0.5) is 0 Å². The number of nitrogens with one attached hydrogen (secondary N) is 1. The molecule has 2 aromatic heterocycles. The molecule has 0 bridgehead atoms. The molecule has 3 heterocycles. The molecule has 3 aromatic rings. The van der Waals surface area contributed by atoms with Crippen LogP contribution in [0.5, 0.6) is 5.75 Å². The van der Waals surface area contributed by atoms with E-state index < -0.39 is 0 Å². The van der Waals surface area contributed by atoms with Crippen LogP contribution in [0.1, 0.15) is 47.4 Å². The molecule has 4 rings (SSSR count). The highest BCUT2D eigenvalue weighted by atomic mass is 16.5. The summed E-state index contributed by atoms with van der Waals surface area (Å²) in [6.45, 7) is 1.02. The maximum atomic E-state index is 12.8. The SMILES string of the molecule is COc1ccc(C(=O)C2CCN(C(=O)CCCc3cn4c(CO)ccc4c(=O)[nH]3)CC2)cc1. The van der Waals surface area contributed by atoms with E-state index in [1.165, 1.54) is 0 Å². The highest BCUT2D eigenvalue weighted by Gasteiger charge is 2.27. The van der Waals surface area contributed by atoms with Crippen molar-refractivity contribution in [3.63, 3.8) is 0 Å². The molecular formula is C25H29N3O5. The molecule has 1 fully saturated rings. The number of aliphatic hydroxyl groups excluding tert-OH is 1. The van der Waals surface area contributed by atoms with Gasteiger partial charge in [0.15, 0.2) is 5.78 Å². The molecule has 1 aliphatic heterocycles. The Morgan fingerprint density at radius 2 is 1.85 bits per heavy atom. The quantitative estimate of drug-likeness (QED) is 0.513. The second-order valence-corrected chi connectivity index (χ2v) is 8.45. The normalized spacial score (nSPS) is 14.5. The molecule has 8 nitrogen and oxygen atoms in total. The second-order valence-electron chi connectivity index (χ2n) is 8.45. The molecule has 1 saturated heterocycles. The Hall–Kier alpha value is -3.39. The van der Waals surface area contributed by atoms with Crippen molar-refractivity contribution >= 4 is 17.2 Å². The fourth-order valence-corrected chi connectivity index (χ4v) is 4.45. The van der Waals surface area contributed by atoms with E-state index in [0.29, 0.717) is 62.0 Å². The molecule has 0 radical (unpaired) electrons. The number of benzene rings is 1. The molecule has 33 heavy (non-hydrogen) atoms. The lowest BCUT2D eigenvalue weighted by atomic mass is 9.88. The summed E-state index contributed by atoms with van der Waals surface area (Å²) in [4.78, 5) is 42.3. The Kier molecular flexibility index (Phi) is 6.93. The fourth-order valence-electron chi connectivity index (χ4n) is 4.45. The van der Waals surface area contributed by atoms with Crippen LogP contribution in [-0.2, 0) is 17.8 Å². The minimum atomic E-state index is -0.206. The van der Waals surface area contributed by atoms with Crippen LogP contribution in [0.25, 0.3) is 5.52 Å². The molecule has 0 aliphatic carbocycles. The summed E-state index contributed by atoms with van der Waals surface area (Å²) in [6.07, 6.45) is 4.70. The van der Waals surface area contributed by atoms with E-state index in [9.17, 15) is 19.5 Å². The zero-order chi connectivity index (χ0) is 23.4. The van der Waals surface area contributed by atoms with Gasteiger partial charge in [-0.3, -0.25) is 14.4 Å². The van der Waals surface area contributed by atoms with Crippen LogP contribution in [-0.4, -0.2) is 51.3 Å². The molecule has 1 aromatic carbocycles. The number of piperidine rings is 1. The van der Waals surface area contributed by atoms with Crippen molar-refractivity contribution in [2.75, 3.05) is 20.2 Å². The Morgan fingerprint density at radius 3 is 2.52 bits per heavy atom. The van der Waals surface area contributed by atoms with Crippen molar-refractivity contribution < 1.29 is 19.4 Å². The number of nitrogens with zero attached hydrogens (tertiary/aromatic N) is 2. The number of likely N-dealkylation sites (tertiary alicyclic amines) is 1. The van der Waals surface area contributed by atoms with Crippen LogP contribution in [0.2, 0.25) is 0 Å². The molecule has 174 valence electrons.